The predicted molar refractivity (Wildman–Crippen MR) is 88.5 cm³/mol. The molecule has 0 aliphatic heterocycles. The van der Waals surface area contributed by atoms with Gasteiger partial charge in [0.15, 0.2) is 0 Å². The van der Waals surface area contributed by atoms with Crippen LogP contribution in [-0.4, -0.2) is 23.6 Å². The lowest BCUT2D eigenvalue weighted by Gasteiger charge is -2.18. The summed E-state index contributed by atoms with van der Waals surface area (Å²) in [6, 6.07) is 6.38. The van der Waals surface area contributed by atoms with Gasteiger partial charge < -0.3 is 4.90 Å². The molecular formula is C14H14ClN3S2. The third-order valence-corrected chi connectivity index (χ3v) is 5.15. The van der Waals surface area contributed by atoms with E-state index in [9.17, 15) is 0 Å². The van der Waals surface area contributed by atoms with E-state index in [4.69, 9.17) is 11.6 Å². The highest BCUT2D eigenvalue weighted by molar-refractivity contribution is 7.18. The Morgan fingerprint density at radius 2 is 2.20 bits per heavy atom. The van der Waals surface area contributed by atoms with Crippen LogP contribution < -0.4 is 4.90 Å². The van der Waals surface area contributed by atoms with Crippen molar-refractivity contribution in [3.8, 4) is 0 Å². The fourth-order valence-electron chi connectivity index (χ4n) is 2.13. The molecule has 104 valence electrons. The van der Waals surface area contributed by atoms with Crippen LogP contribution >= 0.6 is 34.3 Å². The second kappa shape index (κ2) is 5.68. The minimum absolute atomic E-state index is 0.317. The number of rotatable bonds is 4. The Labute approximate surface area is 130 Å². The van der Waals surface area contributed by atoms with Crippen molar-refractivity contribution in [3.63, 3.8) is 0 Å². The molecule has 0 saturated heterocycles. The van der Waals surface area contributed by atoms with Crippen molar-refractivity contribution in [1.29, 1.82) is 0 Å². The Kier molecular flexibility index (Phi) is 3.92. The third-order valence-electron chi connectivity index (χ3n) is 3.10. The van der Waals surface area contributed by atoms with Gasteiger partial charge in [-0.05, 0) is 42.5 Å². The maximum atomic E-state index is 6.04. The number of fused-ring (bicyclic) bond motifs is 1. The topological polar surface area (TPSA) is 29.0 Å². The average Bonchev–Trinajstić information content (AvgIpc) is 3.03. The summed E-state index contributed by atoms with van der Waals surface area (Å²) in [5.41, 5.74) is 0. The number of aromatic nitrogens is 2. The molecule has 0 N–H and O–H groups in total. The van der Waals surface area contributed by atoms with Crippen LogP contribution in [0.25, 0.3) is 10.2 Å². The molecule has 0 aromatic carbocycles. The summed E-state index contributed by atoms with van der Waals surface area (Å²) < 4.78 is 0. The Balaban J connectivity index is 1.88. The normalized spacial score (nSPS) is 11.2. The Morgan fingerprint density at radius 3 is 2.95 bits per heavy atom. The fraction of sp³-hybridized carbons (Fsp3) is 0.286. The van der Waals surface area contributed by atoms with Crippen LogP contribution in [-0.2, 0) is 6.42 Å². The molecule has 0 amide bonds. The minimum atomic E-state index is 0.317. The summed E-state index contributed by atoms with van der Waals surface area (Å²) in [6.45, 7) is 2.99. The van der Waals surface area contributed by atoms with E-state index in [2.05, 4.69) is 52.4 Å². The van der Waals surface area contributed by atoms with Crippen LogP contribution in [0, 0.1) is 6.92 Å². The van der Waals surface area contributed by atoms with Crippen molar-refractivity contribution in [2.45, 2.75) is 13.3 Å². The number of likely N-dealkylation sites (N-methyl/N-ethyl adjacent to an activating group) is 1. The third kappa shape index (κ3) is 2.80. The number of hydrogen-bond donors (Lipinski definition) is 0. The van der Waals surface area contributed by atoms with Crippen LogP contribution in [0.3, 0.4) is 0 Å². The Morgan fingerprint density at radius 1 is 1.35 bits per heavy atom. The molecule has 3 aromatic rings. The molecule has 3 aromatic heterocycles. The highest BCUT2D eigenvalue weighted by Crippen LogP contribution is 2.31. The van der Waals surface area contributed by atoms with E-state index in [1.165, 1.54) is 9.75 Å². The van der Waals surface area contributed by atoms with E-state index in [-0.39, 0.29) is 0 Å². The molecule has 0 bridgehead atoms. The molecule has 20 heavy (non-hydrogen) atoms. The SMILES string of the molecule is Cc1cc2c(N(C)CCc3cccs3)nc(Cl)nc2s1. The van der Waals surface area contributed by atoms with Crippen molar-refractivity contribution < 1.29 is 0 Å². The van der Waals surface area contributed by atoms with Gasteiger partial charge in [-0.3, -0.25) is 0 Å². The minimum Gasteiger partial charge on any atom is -0.359 e. The predicted octanol–water partition coefficient (Wildman–Crippen LogP) is 4.39. The largest absolute Gasteiger partial charge is 0.359 e. The number of nitrogens with zero attached hydrogens (tertiary/aromatic N) is 3. The molecular weight excluding hydrogens is 310 g/mol. The van der Waals surface area contributed by atoms with Gasteiger partial charge in [-0.1, -0.05) is 6.07 Å². The molecule has 0 aliphatic carbocycles. The van der Waals surface area contributed by atoms with Gasteiger partial charge >= 0.3 is 0 Å². The van der Waals surface area contributed by atoms with Crippen LogP contribution in [0.15, 0.2) is 23.6 Å². The van der Waals surface area contributed by atoms with Crippen molar-refractivity contribution in [1.82, 2.24) is 9.97 Å². The first-order chi connectivity index (χ1) is 9.63. The van der Waals surface area contributed by atoms with Crippen molar-refractivity contribution in [2.24, 2.45) is 0 Å². The lowest BCUT2D eigenvalue weighted by molar-refractivity contribution is 0.872. The lowest BCUT2D eigenvalue weighted by Crippen LogP contribution is -2.21. The first-order valence-electron chi connectivity index (χ1n) is 6.30. The van der Waals surface area contributed by atoms with E-state index in [0.717, 1.165) is 29.0 Å². The van der Waals surface area contributed by atoms with E-state index in [1.54, 1.807) is 22.7 Å². The maximum absolute atomic E-state index is 6.04. The summed E-state index contributed by atoms with van der Waals surface area (Å²) >= 11 is 9.48. The molecule has 0 atom stereocenters. The molecule has 0 aliphatic rings. The fourth-order valence-corrected chi connectivity index (χ4v) is 3.92. The van der Waals surface area contributed by atoms with E-state index in [0.29, 0.717) is 5.28 Å². The van der Waals surface area contributed by atoms with Gasteiger partial charge in [0.2, 0.25) is 5.28 Å². The van der Waals surface area contributed by atoms with Gasteiger partial charge in [0.05, 0.1) is 5.39 Å². The monoisotopic (exact) mass is 323 g/mol. The zero-order valence-corrected chi connectivity index (χ0v) is 13.6. The number of anilines is 1. The summed E-state index contributed by atoms with van der Waals surface area (Å²) in [5, 5.41) is 3.51. The number of thiophene rings is 2. The van der Waals surface area contributed by atoms with Gasteiger partial charge in [0.1, 0.15) is 10.6 Å². The average molecular weight is 324 g/mol. The summed E-state index contributed by atoms with van der Waals surface area (Å²) in [4.78, 5) is 14.4. The molecule has 3 nitrogen and oxygen atoms in total. The summed E-state index contributed by atoms with van der Waals surface area (Å²) in [6.07, 6.45) is 1.01. The van der Waals surface area contributed by atoms with Crippen molar-refractivity contribution in [2.75, 3.05) is 18.5 Å². The molecule has 0 spiro atoms. The van der Waals surface area contributed by atoms with Gasteiger partial charge in [-0.15, -0.1) is 22.7 Å². The second-order valence-corrected chi connectivity index (χ2v) is 7.25. The summed E-state index contributed by atoms with van der Waals surface area (Å²) in [5.74, 6) is 0.918. The Hall–Kier alpha value is -1.17. The number of hydrogen-bond acceptors (Lipinski definition) is 5. The van der Waals surface area contributed by atoms with Crippen LogP contribution in [0.1, 0.15) is 9.75 Å². The molecule has 0 unspecified atom stereocenters. The lowest BCUT2D eigenvalue weighted by atomic mass is 10.3. The van der Waals surface area contributed by atoms with Crippen LogP contribution in [0.4, 0.5) is 5.82 Å². The quantitative estimate of drug-likeness (QED) is 0.667. The molecule has 0 fully saturated rings. The van der Waals surface area contributed by atoms with E-state index >= 15 is 0 Å². The number of aryl methyl sites for hydroxylation is 1. The van der Waals surface area contributed by atoms with E-state index in [1.807, 2.05) is 0 Å². The number of halogens is 1. The van der Waals surface area contributed by atoms with Crippen molar-refractivity contribution >= 4 is 50.3 Å². The van der Waals surface area contributed by atoms with Crippen LogP contribution in [0.2, 0.25) is 5.28 Å². The molecule has 3 rings (SSSR count). The van der Waals surface area contributed by atoms with Gasteiger partial charge in [-0.25, -0.2) is 4.98 Å². The van der Waals surface area contributed by atoms with Gasteiger partial charge in [-0.2, -0.15) is 4.98 Å². The Bertz CT molecular complexity index is 721. The standard InChI is InChI=1S/C14H14ClN3S2/c1-9-8-11-12(16-14(15)17-13(11)20-9)18(2)6-5-10-4-3-7-19-10/h3-4,7-8H,5-6H2,1-2H3. The maximum Gasteiger partial charge on any atom is 0.225 e. The molecule has 6 heteroatoms. The van der Waals surface area contributed by atoms with Gasteiger partial charge in [0, 0.05) is 23.3 Å². The smallest absolute Gasteiger partial charge is 0.225 e. The first-order valence-corrected chi connectivity index (χ1v) is 8.38. The highest BCUT2D eigenvalue weighted by Gasteiger charge is 2.13. The van der Waals surface area contributed by atoms with Crippen LogP contribution in [0.5, 0.6) is 0 Å². The zero-order valence-electron chi connectivity index (χ0n) is 11.3. The molecule has 0 saturated carbocycles. The first kappa shape index (κ1) is 13.8. The highest BCUT2D eigenvalue weighted by atomic mass is 35.5. The van der Waals surface area contributed by atoms with E-state index < -0.39 is 0 Å². The second-order valence-electron chi connectivity index (χ2n) is 4.64. The summed E-state index contributed by atoms with van der Waals surface area (Å²) in [7, 11) is 2.05. The zero-order chi connectivity index (χ0) is 14.1. The van der Waals surface area contributed by atoms with Gasteiger partial charge in [0.25, 0.3) is 0 Å². The molecule has 3 heterocycles. The van der Waals surface area contributed by atoms with Crippen molar-refractivity contribution in [3.05, 3.63) is 38.6 Å². The molecule has 0 radical (unpaired) electrons.